The van der Waals surface area contributed by atoms with Crippen molar-refractivity contribution in [2.45, 2.75) is 31.4 Å². The zero-order valence-corrected chi connectivity index (χ0v) is 13.6. The first-order valence-electron chi connectivity index (χ1n) is 7.39. The molecular weight excluding hydrogens is 272 g/mol. The van der Waals surface area contributed by atoms with Gasteiger partial charge in [0.05, 0.1) is 6.54 Å². The van der Waals surface area contributed by atoms with E-state index in [1.807, 2.05) is 16.7 Å². The molecule has 0 aliphatic carbocycles. The summed E-state index contributed by atoms with van der Waals surface area (Å²) in [5, 5.41) is 3.23. The number of thioether (sulfide) groups is 1. The number of likely N-dealkylation sites (tertiary alicyclic amines) is 1. The van der Waals surface area contributed by atoms with Crippen LogP contribution in [0.5, 0.6) is 0 Å². The van der Waals surface area contributed by atoms with Gasteiger partial charge in [0.2, 0.25) is 5.91 Å². The Morgan fingerprint density at radius 1 is 1.25 bits per heavy atom. The van der Waals surface area contributed by atoms with E-state index in [9.17, 15) is 4.79 Å². The van der Waals surface area contributed by atoms with Gasteiger partial charge in [-0.15, -0.1) is 0 Å². The van der Waals surface area contributed by atoms with Gasteiger partial charge in [-0.3, -0.25) is 9.79 Å². The fraction of sp³-hybridized carbons (Fsp3) is 0.857. The Labute approximate surface area is 126 Å². The van der Waals surface area contributed by atoms with Crippen LogP contribution in [0.15, 0.2) is 4.99 Å². The summed E-state index contributed by atoms with van der Waals surface area (Å²) in [5.74, 6) is 2.15. The average Bonchev–Trinajstić information content (AvgIpc) is 2.92. The number of rotatable bonds is 2. The van der Waals surface area contributed by atoms with E-state index in [1.54, 1.807) is 7.05 Å². The van der Waals surface area contributed by atoms with Crippen molar-refractivity contribution in [2.24, 2.45) is 4.99 Å². The maximum atomic E-state index is 12.1. The van der Waals surface area contributed by atoms with Crippen molar-refractivity contribution >= 4 is 23.6 Å². The molecule has 2 aliphatic heterocycles. The molecule has 0 spiro atoms. The van der Waals surface area contributed by atoms with Crippen LogP contribution in [0.4, 0.5) is 0 Å². The molecule has 2 aliphatic rings. The summed E-state index contributed by atoms with van der Waals surface area (Å²) in [5.41, 5.74) is 0. The van der Waals surface area contributed by atoms with Crippen molar-refractivity contribution in [3.63, 3.8) is 0 Å². The molecule has 2 fully saturated rings. The zero-order valence-electron chi connectivity index (χ0n) is 12.8. The first kappa shape index (κ1) is 15.5. The van der Waals surface area contributed by atoms with Gasteiger partial charge in [-0.25, -0.2) is 0 Å². The van der Waals surface area contributed by atoms with Crippen LogP contribution in [0.3, 0.4) is 0 Å². The van der Waals surface area contributed by atoms with Crippen LogP contribution < -0.4 is 5.32 Å². The van der Waals surface area contributed by atoms with Crippen molar-refractivity contribution in [1.29, 1.82) is 0 Å². The van der Waals surface area contributed by atoms with E-state index in [4.69, 9.17) is 0 Å². The largest absolute Gasteiger partial charge is 0.347 e. The Morgan fingerprint density at radius 2 is 1.95 bits per heavy atom. The number of hydrogen-bond acceptors (Lipinski definition) is 3. The summed E-state index contributed by atoms with van der Waals surface area (Å²) in [4.78, 5) is 20.6. The van der Waals surface area contributed by atoms with Gasteiger partial charge in [-0.1, -0.05) is 0 Å². The van der Waals surface area contributed by atoms with E-state index in [-0.39, 0.29) is 10.7 Å². The second-order valence-corrected chi connectivity index (χ2v) is 7.82. The first-order valence-corrected chi connectivity index (χ1v) is 8.38. The highest BCUT2D eigenvalue weighted by Gasteiger charge is 2.29. The quantitative estimate of drug-likeness (QED) is 0.611. The fourth-order valence-corrected chi connectivity index (χ4v) is 3.87. The van der Waals surface area contributed by atoms with E-state index in [0.29, 0.717) is 6.54 Å². The Balaban J connectivity index is 1.84. The number of carbonyl (C=O) groups excluding carboxylic acids is 1. The highest BCUT2D eigenvalue weighted by Crippen LogP contribution is 2.29. The molecule has 5 nitrogen and oxygen atoms in total. The third-order valence-electron chi connectivity index (χ3n) is 3.79. The number of carbonyl (C=O) groups is 1. The zero-order chi connectivity index (χ0) is 14.6. The molecule has 0 saturated carbocycles. The molecule has 0 radical (unpaired) electrons. The highest BCUT2D eigenvalue weighted by molar-refractivity contribution is 8.00. The molecule has 20 heavy (non-hydrogen) atoms. The molecule has 6 heteroatoms. The SMILES string of the molecule is CN=C(NCC(=O)N1CCCC1)N1CCSC(C)(C)C1. The summed E-state index contributed by atoms with van der Waals surface area (Å²) >= 11 is 2.00. The average molecular weight is 298 g/mol. The minimum atomic E-state index is 0.189. The van der Waals surface area contributed by atoms with E-state index in [0.717, 1.165) is 50.7 Å². The molecule has 2 rings (SSSR count). The maximum Gasteiger partial charge on any atom is 0.241 e. The van der Waals surface area contributed by atoms with Crippen molar-refractivity contribution in [3.05, 3.63) is 0 Å². The summed E-state index contributed by atoms with van der Waals surface area (Å²) in [6, 6.07) is 0. The van der Waals surface area contributed by atoms with Gasteiger partial charge in [0.25, 0.3) is 0 Å². The minimum Gasteiger partial charge on any atom is -0.347 e. The van der Waals surface area contributed by atoms with Crippen LogP contribution in [0.2, 0.25) is 0 Å². The normalized spacial score (nSPS) is 23.1. The second-order valence-electron chi connectivity index (χ2n) is 6.02. The molecular formula is C14H26N4OS. The van der Waals surface area contributed by atoms with Crippen LogP contribution in [0, 0.1) is 0 Å². The van der Waals surface area contributed by atoms with Crippen molar-refractivity contribution in [3.8, 4) is 0 Å². The number of aliphatic imine (C=N–C) groups is 1. The Morgan fingerprint density at radius 3 is 2.55 bits per heavy atom. The lowest BCUT2D eigenvalue weighted by Gasteiger charge is -2.39. The molecule has 1 N–H and O–H groups in total. The summed E-state index contributed by atoms with van der Waals surface area (Å²) in [6.45, 7) is 8.65. The third kappa shape index (κ3) is 4.04. The molecule has 0 aromatic rings. The Kier molecular flexibility index (Phi) is 5.18. The van der Waals surface area contributed by atoms with Crippen LogP contribution in [-0.2, 0) is 4.79 Å². The van der Waals surface area contributed by atoms with Crippen LogP contribution >= 0.6 is 11.8 Å². The molecule has 0 aromatic carbocycles. The topological polar surface area (TPSA) is 47.9 Å². The summed E-state index contributed by atoms with van der Waals surface area (Å²) < 4.78 is 0.245. The summed E-state index contributed by atoms with van der Waals surface area (Å²) in [6.07, 6.45) is 2.27. The van der Waals surface area contributed by atoms with E-state index < -0.39 is 0 Å². The maximum absolute atomic E-state index is 12.1. The van der Waals surface area contributed by atoms with Crippen molar-refractivity contribution < 1.29 is 4.79 Å². The third-order valence-corrected chi connectivity index (χ3v) is 5.09. The molecule has 1 amide bonds. The molecule has 114 valence electrons. The van der Waals surface area contributed by atoms with E-state index >= 15 is 0 Å². The number of amides is 1. The predicted molar refractivity (Wildman–Crippen MR) is 85.3 cm³/mol. The van der Waals surface area contributed by atoms with Crippen LogP contribution in [-0.4, -0.2) is 71.9 Å². The van der Waals surface area contributed by atoms with Crippen LogP contribution in [0.1, 0.15) is 26.7 Å². The number of hydrogen-bond donors (Lipinski definition) is 1. The minimum absolute atomic E-state index is 0.189. The first-order chi connectivity index (χ1) is 9.52. The highest BCUT2D eigenvalue weighted by atomic mass is 32.2. The van der Waals surface area contributed by atoms with Gasteiger partial charge in [0, 0.05) is 43.7 Å². The van der Waals surface area contributed by atoms with Crippen molar-refractivity contribution in [2.75, 3.05) is 45.5 Å². The van der Waals surface area contributed by atoms with Gasteiger partial charge in [0.1, 0.15) is 0 Å². The van der Waals surface area contributed by atoms with Gasteiger partial charge in [-0.2, -0.15) is 11.8 Å². The molecule has 0 aromatic heterocycles. The van der Waals surface area contributed by atoms with Crippen molar-refractivity contribution in [1.82, 2.24) is 15.1 Å². The predicted octanol–water partition coefficient (Wildman–Crippen LogP) is 1.01. The number of nitrogens with zero attached hydrogens (tertiary/aromatic N) is 3. The standard InChI is InChI=1S/C14H26N4OS/c1-14(2)11-18(8-9-20-14)13(15-3)16-10-12(19)17-6-4-5-7-17/h4-11H2,1-3H3,(H,15,16). The van der Waals surface area contributed by atoms with Gasteiger partial charge in [0.15, 0.2) is 5.96 Å². The monoisotopic (exact) mass is 298 g/mol. The lowest BCUT2D eigenvalue weighted by atomic mass is 10.2. The van der Waals surface area contributed by atoms with Gasteiger partial charge < -0.3 is 15.1 Å². The number of guanidine groups is 1. The molecule has 2 saturated heterocycles. The lowest BCUT2D eigenvalue weighted by molar-refractivity contribution is -0.128. The van der Waals surface area contributed by atoms with E-state index in [2.05, 4.69) is 29.1 Å². The Hall–Kier alpha value is -0.910. The van der Waals surface area contributed by atoms with E-state index in [1.165, 1.54) is 0 Å². The molecule has 0 atom stereocenters. The van der Waals surface area contributed by atoms with Crippen LogP contribution in [0.25, 0.3) is 0 Å². The van der Waals surface area contributed by atoms with Gasteiger partial charge in [-0.05, 0) is 26.7 Å². The second kappa shape index (κ2) is 6.70. The fourth-order valence-electron chi connectivity index (χ4n) is 2.76. The smallest absolute Gasteiger partial charge is 0.241 e. The number of nitrogens with one attached hydrogen (secondary N) is 1. The summed E-state index contributed by atoms with van der Waals surface area (Å²) in [7, 11) is 1.79. The Bertz CT molecular complexity index is 377. The molecule has 0 bridgehead atoms. The molecule has 0 unspecified atom stereocenters. The molecule has 2 heterocycles. The van der Waals surface area contributed by atoms with Gasteiger partial charge >= 0.3 is 0 Å². The lowest BCUT2D eigenvalue weighted by Crippen LogP contribution is -2.52.